The van der Waals surface area contributed by atoms with Gasteiger partial charge in [-0.2, -0.15) is 0 Å². The van der Waals surface area contributed by atoms with Gasteiger partial charge in [0.2, 0.25) is 5.88 Å². The molecule has 7 nitrogen and oxygen atoms in total. The zero-order valence-corrected chi connectivity index (χ0v) is 12.3. The van der Waals surface area contributed by atoms with Gasteiger partial charge >= 0.3 is 12.0 Å². The van der Waals surface area contributed by atoms with Crippen LogP contribution in [0.5, 0.6) is 5.88 Å². The van der Waals surface area contributed by atoms with E-state index in [9.17, 15) is 9.59 Å². The minimum Gasteiger partial charge on any atom is -0.481 e. The Labute approximate surface area is 123 Å². The summed E-state index contributed by atoms with van der Waals surface area (Å²) in [6.07, 6.45) is 2.26. The molecule has 3 N–H and O–H groups in total. The maximum Gasteiger partial charge on any atom is 0.315 e. The van der Waals surface area contributed by atoms with Gasteiger partial charge in [0.15, 0.2) is 0 Å². The quantitative estimate of drug-likeness (QED) is 0.673. The standard InChI is InChI=1S/C14H21N3O4/c1-10(3-4-13(18)19)8-16-14(20)17-9-11-5-6-15-12(7-11)21-2/h5-7,10H,3-4,8-9H2,1-2H3,(H,18,19)(H2,16,17,20). The molecule has 1 atom stereocenters. The zero-order chi connectivity index (χ0) is 15.7. The Balaban J connectivity index is 2.25. The molecule has 7 heteroatoms. The first kappa shape index (κ1) is 16.7. The number of carbonyl (C=O) groups is 2. The summed E-state index contributed by atoms with van der Waals surface area (Å²) >= 11 is 0. The molecule has 0 saturated heterocycles. The average Bonchev–Trinajstić information content (AvgIpc) is 2.49. The molecule has 0 saturated carbocycles. The lowest BCUT2D eigenvalue weighted by molar-refractivity contribution is -0.137. The number of methoxy groups -OCH3 is 1. The second kappa shape index (κ2) is 8.78. The molecule has 0 radical (unpaired) electrons. The number of amides is 2. The van der Waals surface area contributed by atoms with E-state index in [1.807, 2.05) is 6.92 Å². The van der Waals surface area contributed by atoms with Crippen molar-refractivity contribution in [2.45, 2.75) is 26.3 Å². The number of carbonyl (C=O) groups excluding carboxylic acids is 1. The lowest BCUT2D eigenvalue weighted by Crippen LogP contribution is -2.37. The van der Waals surface area contributed by atoms with Crippen LogP contribution < -0.4 is 15.4 Å². The first-order valence-electron chi connectivity index (χ1n) is 6.73. The van der Waals surface area contributed by atoms with E-state index >= 15 is 0 Å². The highest BCUT2D eigenvalue weighted by Gasteiger charge is 2.07. The normalized spacial score (nSPS) is 11.5. The molecule has 21 heavy (non-hydrogen) atoms. The highest BCUT2D eigenvalue weighted by Crippen LogP contribution is 2.08. The number of nitrogens with one attached hydrogen (secondary N) is 2. The van der Waals surface area contributed by atoms with Gasteiger partial charge in [-0.1, -0.05) is 6.92 Å². The summed E-state index contributed by atoms with van der Waals surface area (Å²) in [7, 11) is 1.53. The molecule has 0 aliphatic carbocycles. The van der Waals surface area contributed by atoms with E-state index in [2.05, 4.69) is 15.6 Å². The number of ether oxygens (including phenoxy) is 1. The van der Waals surface area contributed by atoms with Crippen LogP contribution in [0.2, 0.25) is 0 Å². The molecule has 1 aromatic rings. The molecule has 0 aliphatic heterocycles. The Bertz CT molecular complexity index is 479. The second-order valence-electron chi connectivity index (χ2n) is 4.81. The fraction of sp³-hybridized carbons (Fsp3) is 0.500. The number of pyridine rings is 1. The van der Waals surface area contributed by atoms with Crippen LogP contribution in [-0.2, 0) is 11.3 Å². The molecule has 0 bridgehead atoms. The number of hydrogen-bond donors (Lipinski definition) is 3. The molecule has 1 heterocycles. The summed E-state index contributed by atoms with van der Waals surface area (Å²) in [6, 6.07) is 3.25. The maximum absolute atomic E-state index is 11.6. The van der Waals surface area contributed by atoms with Gasteiger partial charge in [0.1, 0.15) is 0 Å². The molecule has 2 amide bonds. The molecule has 1 aromatic heterocycles. The van der Waals surface area contributed by atoms with Gasteiger partial charge in [0, 0.05) is 31.8 Å². The maximum atomic E-state index is 11.6. The van der Waals surface area contributed by atoms with E-state index in [1.165, 1.54) is 7.11 Å². The Morgan fingerprint density at radius 3 is 2.86 bits per heavy atom. The van der Waals surface area contributed by atoms with Gasteiger partial charge in [-0.15, -0.1) is 0 Å². The van der Waals surface area contributed by atoms with Crippen LogP contribution in [0.4, 0.5) is 4.79 Å². The Hall–Kier alpha value is -2.31. The van der Waals surface area contributed by atoms with Crippen molar-refractivity contribution in [2.75, 3.05) is 13.7 Å². The molecule has 0 spiro atoms. The summed E-state index contributed by atoms with van der Waals surface area (Å²) in [5, 5.41) is 14.0. The minimum absolute atomic E-state index is 0.112. The molecule has 0 fully saturated rings. The smallest absolute Gasteiger partial charge is 0.315 e. The molecule has 0 aromatic carbocycles. The van der Waals surface area contributed by atoms with Crippen LogP contribution in [0.25, 0.3) is 0 Å². The number of carboxylic acids is 1. The van der Waals surface area contributed by atoms with Crippen LogP contribution in [0.15, 0.2) is 18.3 Å². The van der Waals surface area contributed by atoms with Crippen LogP contribution in [-0.4, -0.2) is 35.7 Å². The molecule has 1 unspecified atom stereocenters. The van der Waals surface area contributed by atoms with Gasteiger partial charge in [-0.3, -0.25) is 4.79 Å². The number of rotatable bonds is 8. The lowest BCUT2D eigenvalue weighted by atomic mass is 10.1. The van der Waals surface area contributed by atoms with Crippen molar-refractivity contribution in [3.05, 3.63) is 23.9 Å². The Kier molecular flexibility index (Phi) is 7.00. The van der Waals surface area contributed by atoms with Crippen molar-refractivity contribution in [3.63, 3.8) is 0 Å². The van der Waals surface area contributed by atoms with Gasteiger partial charge in [0.05, 0.1) is 7.11 Å². The van der Waals surface area contributed by atoms with Crippen LogP contribution in [0.3, 0.4) is 0 Å². The number of carboxylic acid groups (broad SMARTS) is 1. The van der Waals surface area contributed by atoms with E-state index < -0.39 is 5.97 Å². The van der Waals surface area contributed by atoms with E-state index in [1.54, 1.807) is 18.3 Å². The van der Waals surface area contributed by atoms with E-state index in [-0.39, 0.29) is 18.4 Å². The number of nitrogens with zero attached hydrogens (tertiary/aromatic N) is 1. The van der Waals surface area contributed by atoms with E-state index in [0.717, 1.165) is 5.56 Å². The number of aromatic nitrogens is 1. The molecule has 1 rings (SSSR count). The number of hydrogen-bond acceptors (Lipinski definition) is 4. The highest BCUT2D eigenvalue weighted by molar-refractivity contribution is 5.73. The van der Waals surface area contributed by atoms with Crippen LogP contribution in [0.1, 0.15) is 25.3 Å². The minimum atomic E-state index is -0.821. The predicted molar refractivity (Wildman–Crippen MR) is 77.1 cm³/mol. The summed E-state index contributed by atoms with van der Waals surface area (Å²) in [4.78, 5) is 26.0. The SMILES string of the molecule is COc1cc(CNC(=O)NCC(C)CCC(=O)O)ccn1. The van der Waals surface area contributed by atoms with Gasteiger partial charge in [0.25, 0.3) is 0 Å². The van der Waals surface area contributed by atoms with Crippen molar-refractivity contribution in [1.82, 2.24) is 15.6 Å². The molecule has 116 valence electrons. The topological polar surface area (TPSA) is 101 Å². The fourth-order valence-electron chi connectivity index (χ4n) is 1.66. The van der Waals surface area contributed by atoms with Crippen LogP contribution >= 0.6 is 0 Å². The van der Waals surface area contributed by atoms with Crippen molar-refractivity contribution < 1.29 is 19.4 Å². The fourth-order valence-corrected chi connectivity index (χ4v) is 1.66. The van der Waals surface area contributed by atoms with Crippen LogP contribution in [0, 0.1) is 5.92 Å². The molecular weight excluding hydrogens is 274 g/mol. The van der Waals surface area contributed by atoms with Crippen molar-refractivity contribution in [3.8, 4) is 5.88 Å². The monoisotopic (exact) mass is 295 g/mol. The van der Waals surface area contributed by atoms with Gasteiger partial charge in [-0.25, -0.2) is 9.78 Å². The van der Waals surface area contributed by atoms with Gasteiger partial charge in [-0.05, 0) is 24.0 Å². The third kappa shape index (κ3) is 7.14. The van der Waals surface area contributed by atoms with E-state index in [4.69, 9.17) is 9.84 Å². The summed E-state index contributed by atoms with van der Waals surface area (Å²) < 4.78 is 5.00. The zero-order valence-electron chi connectivity index (χ0n) is 12.3. The lowest BCUT2D eigenvalue weighted by Gasteiger charge is -2.12. The van der Waals surface area contributed by atoms with E-state index in [0.29, 0.717) is 25.4 Å². The third-order valence-corrected chi connectivity index (χ3v) is 2.92. The third-order valence-electron chi connectivity index (χ3n) is 2.92. The molecular formula is C14H21N3O4. The predicted octanol–water partition coefficient (Wildman–Crippen LogP) is 1.39. The average molecular weight is 295 g/mol. The Morgan fingerprint density at radius 2 is 2.19 bits per heavy atom. The summed E-state index contributed by atoms with van der Waals surface area (Å²) in [5.41, 5.74) is 0.885. The highest BCUT2D eigenvalue weighted by atomic mass is 16.5. The number of urea groups is 1. The molecule has 0 aliphatic rings. The Morgan fingerprint density at radius 1 is 1.43 bits per heavy atom. The second-order valence-corrected chi connectivity index (χ2v) is 4.81. The van der Waals surface area contributed by atoms with Crippen molar-refractivity contribution >= 4 is 12.0 Å². The van der Waals surface area contributed by atoms with Crippen molar-refractivity contribution in [1.29, 1.82) is 0 Å². The number of aliphatic carboxylic acids is 1. The summed E-state index contributed by atoms with van der Waals surface area (Å²) in [6.45, 7) is 2.71. The van der Waals surface area contributed by atoms with Crippen molar-refractivity contribution in [2.24, 2.45) is 5.92 Å². The largest absolute Gasteiger partial charge is 0.481 e. The first-order valence-corrected chi connectivity index (χ1v) is 6.73. The summed E-state index contributed by atoms with van der Waals surface area (Å²) in [5.74, 6) is -0.206. The van der Waals surface area contributed by atoms with Gasteiger partial charge < -0.3 is 20.5 Å². The first-order chi connectivity index (χ1) is 10.0.